The van der Waals surface area contributed by atoms with Crippen LogP contribution in [0.5, 0.6) is 0 Å². The highest BCUT2D eigenvalue weighted by molar-refractivity contribution is 5.35. The largest absolute Gasteiger partial charge is 0.399 e. The number of rotatable bonds is 3. The summed E-state index contributed by atoms with van der Waals surface area (Å²) >= 11 is 0. The lowest BCUT2D eigenvalue weighted by Crippen LogP contribution is -2.21. The SMILES string of the molecule is CCN(CC)CC.F.Nc1ccccc1. The topological polar surface area (TPSA) is 29.3 Å². The molecule has 0 spiro atoms. The van der Waals surface area contributed by atoms with Gasteiger partial charge in [0.2, 0.25) is 0 Å². The molecular formula is C12H23FN2. The zero-order valence-electron chi connectivity index (χ0n) is 9.94. The van der Waals surface area contributed by atoms with Gasteiger partial charge in [0, 0.05) is 5.69 Å². The first kappa shape index (κ1) is 16.3. The summed E-state index contributed by atoms with van der Waals surface area (Å²) < 4.78 is 0. The lowest BCUT2D eigenvalue weighted by molar-refractivity contribution is 0.321. The van der Waals surface area contributed by atoms with Gasteiger partial charge in [0.05, 0.1) is 0 Å². The number of hydrogen-bond donors (Lipinski definition) is 1. The van der Waals surface area contributed by atoms with E-state index in [2.05, 4.69) is 25.7 Å². The maximum Gasteiger partial charge on any atom is 0.0313 e. The predicted molar refractivity (Wildman–Crippen MR) is 66.8 cm³/mol. The number of para-hydroxylation sites is 1. The van der Waals surface area contributed by atoms with Crippen molar-refractivity contribution >= 4 is 5.69 Å². The molecule has 0 unspecified atom stereocenters. The van der Waals surface area contributed by atoms with Crippen LogP contribution in [-0.2, 0) is 0 Å². The Morgan fingerprint density at radius 3 is 1.47 bits per heavy atom. The Labute approximate surface area is 92.5 Å². The number of nitrogens with zero attached hydrogens (tertiary/aromatic N) is 1. The average molecular weight is 214 g/mol. The summed E-state index contributed by atoms with van der Waals surface area (Å²) in [6.07, 6.45) is 0. The first-order valence-electron chi connectivity index (χ1n) is 5.27. The molecule has 0 heterocycles. The Morgan fingerprint density at radius 1 is 0.933 bits per heavy atom. The molecule has 0 aliphatic carbocycles. The summed E-state index contributed by atoms with van der Waals surface area (Å²) in [5.74, 6) is 0. The van der Waals surface area contributed by atoms with Crippen molar-refractivity contribution in [3.8, 4) is 0 Å². The van der Waals surface area contributed by atoms with E-state index in [1.165, 1.54) is 19.6 Å². The van der Waals surface area contributed by atoms with Gasteiger partial charge < -0.3 is 10.6 Å². The van der Waals surface area contributed by atoms with Crippen LogP contribution in [0.3, 0.4) is 0 Å². The molecule has 0 amide bonds. The second-order valence-electron chi connectivity index (χ2n) is 3.03. The molecule has 15 heavy (non-hydrogen) atoms. The van der Waals surface area contributed by atoms with E-state index in [1.807, 2.05) is 30.3 Å². The second kappa shape index (κ2) is 11.0. The zero-order valence-corrected chi connectivity index (χ0v) is 9.94. The molecule has 88 valence electrons. The Hall–Kier alpha value is -1.09. The Kier molecular flexibility index (Phi) is 12.0. The predicted octanol–water partition coefficient (Wildman–Crippen LogP) is 2.77. The minimum Gasteiger partial charge on any atom is -0.399 e. The first-order valence-corrected chi connectivity index (χ1v) is 5.27. The van der Waals surface area contributed by atoms with Gasteiger partial charge in [0.25, 0.3) is 0 Å². The van der Waals surface area contributed by atoms with Gasteiger partial charge in [0.15, 0.2) is 0 Å². The summed E-state index contributed by atoms with van der Waals surface area (Å²) in [6, 6.07) is 9.49. The van der Waals surface area contributed by atoms with Crippen LogP contribution in [0.4, 0.5) is 10.4 Å². The van der Waals surface area contributed by atoms with E-state index >= 15 is 0 Å². The van der Waals surface area contributed by atoms with Crippen LogP contribution in [0.25, 0.3) is 0 Å². The van der Waals surface area contributed by atoms with Crippen LogP contribution in [0.15, 0.2) is 30.3 Å². The van der Waals surface area contributed by atoms with E-state index < -0.39 is 0 Å². The van der Waals surface area contributed by atoms with Gasteiger partial charge in [-0.3, -0.25) is 4.70 Å². The Balaban J connectivity index is 0. The lowest BCUT2D eigenvalue weighted by Gasteiger charge is -2.13. The maximum atomic E-state index is 5.36. The third-order valence-electron chi connectivity index (χ3n) is 2.14. The molecule has 0 aliphatic rings. The summed E-state index contributed by atoms with van der Waals surface area (Å²) in [5, 5.41) is 0. The monoisotopic (exact) mass is 214 g/mol. The van der Waals surface area contributed by atoms with Gasteiger partial charge in [-0.1, -0.05) is 39.0 Å². The molecule has 1 aromatic rings. The maximum absolute atomic E-state index is 5.36. The van der Waals surface area contributed by atoms with Crippen LogP contribution >= 0.6 is 0 Å². The van der Waals surface area contributed by atoms with Gasteiger partial charge in [-0.25, -0.2) is 0 Å². The molecular weight excluding hydrogens is 191 g/mol. The molecule has 1 aromatic carbocycles. The van der Waals surface area contributed by atoms with Crippen molar-refractivity contribution in [1.82, 2.24) is 4.90 Å². The van der Waals surface area contributed by atoms with E-state index in [9.17, 15) is 0 Å². The molecule has 2 nitrogen and oxygen atoms in total. The van der Waals surface area contributed by atoms with E-state index in [0.717, 1.165) is 5.69 Å². The minimum atomic E-state index is 0. The standard InChI is InChI=1S/C6H7N.C6H15N.FH/c7-6-4-2-1-3-5-6;1-4-7(5-2)6-3;/h1-5H,7H2;4-6H2,1-3H3;1H. The van der Waals surface area contributed by atoms with E-state index in [-0.39, 0.29) is 4.70 Å². The lowest BCUT2D eigenvalue weighted by atomic mass is 10.3. The van der Waals surface area contributed by atoms with Crippen molar-refractivity contribution in [3.05, 3.63) is 30.3 Å². The summed E-state index contributed by atoms with van der Waals surface area (Å²) in [5.41, 5.74) is 6.18. The number of hydrogen-bond acceptors (Lipinski definition) is 2. The fraction of sp³-hybridized carbons (Fsp3) is 0.500. The summed E-state index contributed by atoms with van der Waals surface area (Å²) in [4.78, 5) is 2.38. The van der Waals surface area contributed by atoms with Crippen LogP contribution < -0.4 is 5.73 Å². The van der Waals surface area contributed by atoms with Crippen LogP contribution in [0.1, 0.15) is 20.8 Å². The van der Waals surface area contributed by atoms with Gasteiger partial charge in [-0.15, -0.1) is 0 Å². The van der Waals surface area contributed by atoms with E-state index in [4.69, 9.17) is 5.73 Å². The molecule has 0 aromatic heterocycles. The summed E-state index contributed by atoms with van der Waals surface area (Å²) in [7, 11) is 0. The Morgan fingerprint density at radius 2 is 1.33 bits per heavy atom. The zero-order chi connectivity index (χ0) is 10.8. The molecule has 0 radical (unpaired) electrons. The van der Waals surface area contributed by atoms with Crippen LogP contribution in [-0.4, -0.2) is 24.5 Å². The molecule has 0 bridgehead atoms. The van der Waals surface area contributed by atoms with Crippen molar-refractivity contribution < 1.29 is 4.70 Å². The minimum absolute atomic E-state index is 0. The van der Waals surface area contributed by atoms with E-state index in [0.29, 0.717) is 0 Å². The fourth-order valence-electron chi connectivity index (χ4n) is 1.12. The third-order valence-corrected chi connectivity index (χ3v) is 2.14. The quantitative estimate of drug-likeness (QED) is 0.784. The highest BCUT2D eigenvalue weighted by Gasteiger charge is 1.89. The molecule has 3 heteroatoms. The highest BCUT2D eigenvalue weighted by atomic mass is 19.0. The number of anilines is 1. The molecule has 0 saturated carbocycles. The van der Waals surface area contributed by atoms with Crippen molar-refractivity contribution in [3.63, 3.8) is 0 Å². The van der Waals surface area contributed by atoms with Crippen molar-refractivity contribution in [2.75, 3.05) is 25.4 Å². The Bertz CT molecular complexity index is 205. The first-order chi connectivity index (χ1) is 6.74. The van der Waals surface area contributed by atoms with Crippen molar-refractivity contribution in [1.29, 1.82) is 0 Å². The number of benzene rings is 1. The van der Waals surface area contributed by atoms with Crippen LogP contribution in [0, 0.1) is 0 Å². The van der Waals surface area contributed by atoms with Crippen LogP contribution in [0.2, 0.25) is 0 Å². The average Bonchev–Trinajstić information content (AvgIpc) is 2.22. The molecule has 1 rings (SSSR count). The normalized spacial score (nSPS) is 8.80. The molecule has 0 saturated heterocycles. The van der Waals surface area contributed by atoms with Crippen molar-refractivity contribution in [2.45, 2.75) is 20.8 Å². The van der Waals surface area contributed by atoms with Gasteiger partial charge in [-0.2, -0.15) is 0 Å². The van der Waals surface area contributed by atoms with Crippen molar-refractivity contribution in [2.24, 2.45) is 0 Å². The molecule has 0 aliphatic heterocycles. The van der Waals surface area contributed by atoms with E-state index in [1.54, 1.807) is 0 Å². The smallest absolute Gasteiger partial charge is 0.0313 e. The second-order valence-corrected chi connectivity index (χ2v) is 3.03. The molecule has 0 atom stereocenters. The number of halogens is 1. The number of nitrogen functional groups attached to an aromatic ring is 1. The van der Waals surface area contributed by atoms with Gasteiger partial charge in [0.1, 0.15) is 0 Å². The van der Waals surface area contributed by atoms with Gasteiger partial charge in [-0.05, 0) is 31.8 Å². The number of nitrogens with two attached hydrogens (primary N) is 1. The molecule has 0 fully saturated rings. The third kappa shape index (κ3) is 9.22. The van der Waals surface area contributed by atoms with Gasteiger partial charge >= 0.3 is 0 Å². The summed E-state index contributed by atoms with van der Waals surface area (Å²) in [6.45, 7) is 10.1. The fourth-order valence-corrected chi connectivity index (χ4v) is 1.12. The molecule has 2 N–H and O–H groups in total. The highest BCUT2D eigenvalue weighted by Crippen LogP contribution is 1.95.